The average Bonchev–Trinajstić information content (AvgIpc) is 2.99. The summed E-state index contributed by atoms with van der Waals surface area (Å²) < 4.78 is 25.7. The van der Waals surface area contributed by atoms with Crippen LogP contribution < -0.4 is 5.43 Å². The number of amides is 1. The van der Waals surface area contributed by atoms with Crippen molar-refractivity contribution in [1.29, 1.82) is 0 Å². The minimum absolute atomic E-state index is 0.00134. The van der Waals surface area contributed by atoms with Crippen molar-refractivity contribution in [3.63, 3.8) is 0 Å². The number of nitrogens with zero attached hydrogens (tertiary/aromatic N) is 2. The average molecular weight is 404 g/mol. The van der Waals surface area contributed by atoms with Gasteiger partial charge < -0.3 is 0 Å². The molecule has 2 atom stereocenters. The van der Waals surface area contributed by atoms with E-state index in [2.05, 4.69) is 31.3 Å². The number of hydrogen-bond donors (Lipinski definition) is 1. The van der Waals surface area contributed by atoms with Crippen LogP contribution in [0, 0.1) is 16.7 Å². The molecule has 0 saturated heterocycles. The van der Waals surface area contributed by atoms with E-state index in [9.17, 15) is 13.2 Å². The second-order valence-electron chi connectivity index (χ2n) is 8.60. The number of hydrazone groups is 1. The van der Waals surface area contributed by atoms with Crippen LogP contribution in [0.2, 0.25) is 0 Å². The Morgan fingerprint density at radius 1 is 1.29 bits per heavy atom. The van der Waals surface area contributed by atoms with Crippen molar-refractivity contribution in [2.24, 2.45) is 21.8 Å². The molecule has 1 amide bonds. The molecule has 1 aromatic carbocycles. The highest BCUT2D eigenvalue weighted by molar-refractivity contribution is 7.92. The van der Waals surface area contributed by atoms with Crippen molar-refractivity contribution < 1.29 is 13.2 Å². The van der Waals surface area contributed by atoms with Gasteiger partial charge in [-0.15, -0.1) is 0 Å². The molecule has 2 fully saturated rings. The molecule has 0 aromatic heterocycles. The van der Waals surface area contributed by atoms with Crippen LogP contribution >= 0.6 is 0 Å². The highest BCUT2D eigenvalue weighted by atomic mass is 32.2. The number of benzene rings is 1. The third-order valence-corrected chi connectivity index (χ3v) is 8.34. The van der Waals surface area contributed by atoms with Crippen LogP contribution in [0.1, 0.15) is 45.6 Å². The molecule has 2 aliphatic carbocycles. The third-order valence-electron chi connectivity index (χ3n) is 6.86. The molecular formula is C21H29N3O3S. The number of sulfonamides is 1. The second kappa shape index (κ2) is 7.44. The number of hydrogen-bond acceptors (Lipinski definition) is 4. The molecule has 6 nitrogen and oxygen atoms in total. The highest BCUT2D eigenvalue weighted by Gasteiger charge is 2.60. The van der Waals surface area contributed by atoms with E-state index in [1.54, 1.807) is 0 Å². The van der Waals surface area contributed by atoms with Crippen LogP contribution in [0.5, 0.6) is 0 Å². The lowest BCUT2D eigenvalue weighted by atomic mass is 9.70. The Kier molecular flexibility index (Phi) is 5.51. The molecule has 1 N–H and O–H groups in total. The van der Waals surface area contributed by atoms with Gasteiger partial charge in [0.2, 0.25) is 10.0 Å². The minimum atomic E-state index is -3.69. The van der Waals surface area contributed by atoms with Crippen LogP contribution in [-0.4, -0.2) is 37.9 Å². The van der Waals surface area contributed by atoms with Crippen molar-refractivity contribution >= 4 is 27.7 Å². The predicted molar refractivity (Wildman–Crippen MR) is 112 cm³/mol. The quantitative estimate of drug-likeness (QED) is 0.741. The zero-order valence-corrected chi connectivity index (χ0v) is 17.8. The van der Waals surface area contributed by atoms with Crippen molar-refractivity contribution in [1.82, 2.24) is 9.73 Å². The summed E-state index contributed by atoms with van der Waals surface area (Å²) in [6, 6.07) is 9.15. The summed E-state index contributed by atoms with van der Waals surface area (Å²) in [6.45, 7) is 6.49. The molecular weight excluding hydrogens is 374 g/mol. The second-order valence-corrected chi connectivity index (χ2v) is 10.5. The molecule has 152 valence electrons. The maximum absolute atomic E-state index is 12.4. The van der Waals surface area contributed by atoms with Crippen molar-refractivity contribution in [3.8, 4) is 0 Å². The smallest absolute Gasteiger partial charge is 0.255 e. The molecule has 1 aromatic rings. The molecule has 0 unspecified atom stereocenters. The van der Waals surface area contributed by atoms with E-state index in [-0.39, 0.29) is 17.4 Å². The molecule has 2 bridgehead atoms. The number of likely N-dealkylation sites (N-methyl/N-ethyl adjacent to an activating group) is 1. The minimum Gasteiger partial charge on any atom is -0.272 e. The first-order valence-corrected chi connectivity index (χ1v) is 11.1. The Morgan fingerprint density at radius 3 is 2.54 bits per heavy atom. The third kappa shape index (κ3) is 3.78. The molecule has 2 aliphatic rings. The Hall–Kier alpha value is -1.99. The molecule has 7 heteroatoms. The van der Waals surface area contributed by atoms with Crippen LogP contribution in [0.4, 0.5) is 0 Å². The van der Waals surface area contributed by atoms with Gasteiger partial charge in [-0.2, -0.15) is 9.41 Å². The van der Waals surface area contributed by atoms with Crippen molar-refractivity contribution in [2.75, 3.05) is 13.6 Å². The normalized spacial score (nSPS) is 27.8. The summed E-state index contributed by atoms with van der Waals surface area (Å²) in [5, 5.41) is 5.49. The Bertz CT molecular complexity index is 906. The standard InChI is InChI=1S/C21H29N3O3S/c1-20(2)17-10-12-21(20,3)18(14-17)22-23-19(25)15-24(4)28(26,27)13-11-16-8-6-5-7-9-16/h5-9,11,13,17H,10,12,14-15H2,1-4H3,(H,23,25)/b13-11+,22-18-/t17-,21-/m1/s1. The first-order valence-electron chi connectivity index (χ1n) is 9.61. The van der Waals surface area contributed by atoms with Gasteiger partial charge in [-0.3, -0.25) is 4.79 Å². The molecule has 0 radical (unpaired) electrons. The number of fused-ring (bicyclic) bond motifs is 2. The van der Waals surface area contributed by atoms with Gasteiger partial charge >= 0.3 is 0 Å². The summed E-state index contributed by atoms with van der Waals surface area (Å²) >= 11 is 0. The van der Waals surface area contributed by atoms with E-state index >= 15 is 0 Å². The van der Waals surface area contributed by atoms with Crippen molar-refractivity contribution in [3.05, 3.63) is 41.3 Å². The fraction of sp³-hybridized carbons (Fsp3) is 0.524. The number of carbonyl (C=O) groups is 1. The Balaban J connectivity index is 1.60. The van der Waals surface area contributed by atoms with Crippen LogP contribution in [0.25, 0.3) is 6.08 Å². The summed E-state index contributed by atoms with van der Waals surface area (Å²) in [7, 11) is -2.30. The van der Waals surface area contributed by atoms with E-state index in [0.717, 1.165) is 33.8 Å². The summed E-state index contributed by atoms with van der Waals surface area (Å²) in [5.74, 6) is 0.162. The topological polar surface area (TPSA) is 78.8 Å². The zero-order chi connectivity index (χ0) is 20.6. The molecule has 3 rings (SSSR count). The molecule has 28 heavy (non-hydrogen) atoms. The van der Waals surface area contributed by atoms with Gasteiger partial charge in [0, 0.05) is 23.6 Å². The SMILES string of the molecule is CN(CC(=O)N/N=C1/C[C@H]2CC[C@@]1(C)C2(C)C)S(=O)(=O)/C=C/c1ccccc1. The maximum Gasteiger partial charge on any atom is 0.255 e. The van der Waals surface area contributed by atoms with E-state index in [1.165, 1.54) is 19.5 Å². The van der Waals surface area contributed by atoms with Gasteiger partial charge in [0.1, 0.15) is 0 Å². The van der Waals surface area contributed by atoms with Crippen LogP contribution in [-0.2, 0) is 14.8 Å². The van der Waals surface area contributed by atoms with Gasteiger partial charge in [-0.25, -0.2) is 13.8 Å². The monoisotopic (exact) mass is 403 g/mol. The fourth-order valence-electron chi connectivity index (χ4n) is 4.39. The van der Waals surface area contributed by atoms with Gasteiger partial charge in [-0.1, -0.05) is 51.1 Å². The Labute approximate surface area is 167 Å². The number of carbonyl (C=O) groups excluding carboxylic acids is 1. The Morgan fingerprint density at radius 2 is 1.96 bits per heavy atom. The fourth-order valence-corrected chi connectivity index (χ4v) is 5.22. The van der Waals surface area contributed by atoms with Gasteiger partial charge in [-0.05, 0) is 42.2 Å². The van der Waals surface area contributed by atoms with E-state index in [1.807, 2.05) is 30.3 Å². The molecule has 0 spiro atoms. The van der Waals surface area contributed by atoms with Gasteiger partial charge in [0.25, 0.3) is 5.91 Å². The number of rotatable bonds is 6. The van der Waals surface area contributed by atoms with Crippen LogP contribution in [0.3, 0.4) is 0 Å². The first-order chi connectivity index (χ1) is 13.1. The number of nitrogens with one attached hydrogen (secondary N) is 1. The van der Waals surface area contributed by atoms with Crippen molar-refractivity contribution in [2.45, 2.75) is 40.0 Å². The molecule has 0 heterocycles. The lowest BCUT2D eigenvalue weighted by Gasteiger charge is -2.34. The maximum atomic E-state index is 12.4. The molecule has 2 saturated carbocycles. The summed E-state index contributed by atoms with van der Waals surface area (Å²) in [5.41, 5.74) is 4.55. The van der Waals surface area contributed by atoms with E-state index in [4.69, 9.17) is 0 Å². The predicted octanol–water partition coefficient (Wildman–Crippen LogP) is 3.24. The lowest BCUT2D eigenvalue weighted by Crippen LogP contribution is -2.38. The van der Waals surface area contributed by atoms with E-state index in [0.29, 0.717) is 5.92 Å². The lowest BCUT2D eigenvalue weighted by molar-refractivity contribution is -0.121. The van der Waals surface area contributed by atoms with Gasteiger partial charge in [0.05, 0.1) is 6.54 Å². The van der Waals surface area contributed by atoms with E-state index < -0.39 is 15.9 Å². The first kappa shape index (κ1) is 20.7. The zero-order valence-electron chi connectivity index (χ0n) is 17.0. The summed E-state index contributed by atoms with van der Waals surface area (Å²) in [4.78, 5) is 12.3. The largest absolute Gasteiger partial charge is 0.272 e. The highest BCUT2D eigenvalue weighted by Crippen LogP contribution is 2.63. The summed E-state index contributed by atoms with van der Waals surface area (Å²) in [6.07, 6.45) is 4.70. The van der Waals surface area contributed by atoms with Gasteiger partial charge in [0.15, 0.2) is 0 Å². The molecule has 0 aliphatic heterocycles. The van der Waals surface area contributed by atoms with Crippen LogP contribution in [0.15, 0.2) is 40.8 Å².